The first kappa shape index (κ1) is 17.1. The molecule has 0 rings (SSSR count). The second-order valence-electron chi connectivity index (χ2n) is 1.94. The number of hydrogen-bond donors (Lipinski definition) is 2. The van der Waals surface area contributed by atoms with Crippen molar-refractivity contribution < 1.29 is 65.7 Å². The molecule has 0 aliphatic heterocycles. The first-order valence-electron chi connectivity index (χ1n) is 3.47. The Labute approximate surface area is 136 Å². The van der Waals surface area contributed by atoms with Gasteiger partial charge in [-0.25, -0.2) is 0 Å². The van der Waals surface area contributed by atoms with E-state index in [1.54, 1.807) is 6.92 Å². The summed E-state index contributed by atoms with van der Waals surface area (Å²) in [6, 6.07) is 0. The summed E-state index contributed by atoms with van der Waals surface area (Å²) in [7, 11) is 0. The van der Waals surface area contributed by atoms with E-state index < -0.39 is 11.9 Å². The van der Waals surface area contributed by atoms with Gasteiger partial charge in [0, 0.05) is 0 Å². The first-order chi connectivity index (χ1) is 6.06. The molecule has 0 atom stereocenters. The van der Waals surface area contributed by atoms with Gasteiger partial charge >= 0.3 is 57.4 Å². The quantitative estimate of drug-likeness (QED) is 0.136. The maximum atomic E-state index is 10.9. The Hall–Kier alpha value is 0.686. The van der Waals surface area contributed by atoms with E-state index in [1.807, 2.05) is 0 Å². The second-order valence-corrected chi connectivity index (χ2v) is 3.02. The number of carbonyl (C=O) groups excluding carboxylic acids is 2. The summed E-state index contributed by atoms with van der Waals surface area (Å²) < 4.78 is 4.54. The summed E-state index contributed by atoms with van der Waals surface area (Å²) in [5, 5.41) is 0. The van der Waals surface area contributed by atoms with E-state index in [2.05, 4.69) is 40.4 Å². The molecule has 14 heavy (non-hydrogen) atoms. The summed E-state index contributed by atoms with van der Waals surface area (Å²) in [5.74, 6) is -1.12. The third-order valence-electron chi connectivity index (χ3n) is 0.914. The normalized spacial score (nSPS) is 8.07. The van der Waals surface area contributed by atoms with E-state index in [9.17, 15) is 9.59 Å². The minimum Gasteiger partial charge on any atom is -0.466 e. The van der Waals surface area contributed by atoms with Gasteiger partial charge in [-0.15, -0.1) is 0 Å². The van der Waals surface area contributed by atoms with Crippen LogP contribution in [0.5, 0.6) is 0 Å². The number of ether oxygens (including phenoxy) is 1. The van der Waals surface area contributed by atoms with Gasteiger partial charge in [-0.2, -0.15) is 0 Å². The van der Waals surface area contributed by atoms with Crippen molar-refractivity contribution in [3.8, 4) is 0 Å². The zero-order valence-electron chi connectivity index (χ0n) is 7.96. The van der Waals surface area contributed by atoms with Crippen LogP contribution in [-0.4, -0.2) is 22.8 Å². The Kier molecular flexibility index (Phi) is 12.5. The molecule has 0 aromatic rings. The van der Waals surface area contributed by atoms with E-state index in [4.69, 9.17) is 0 Å². The number of rotatable bonds is 3. The number of carbonyl (C=O) groups is 2. The monoisotopic (exact) mass is 260 g/mol. The van der Waals surface area contributed by atoms with E-state index in [1.165, 1.54) is 0 Å². The summed E-state index contributed by atoms with van der Waals surface area (Å²) >= 11 is 8.90. The molecule has 0 bridgehead atoms. The van der Waals surface area contributed by atoms with Gasteiger partial charge in [0.25, 0.3) is 0 Å². The molecule has 0 aromatic heterocycles. The van der Waals surface area contributed by atoms with Crippen LogP contribution in [0.2, 0.25) is 0 Å². The maximum absolute atomic E-state index is 10.9. The molecule has 0 aromatic carbocycles. The molecule has 0 unspecified atom stereocenters. The Bertz CT molecular complexity index is 225. The van der Waals surface area contributed by atoms with Crippen LogP contribution in [0.25, 0.3) is 0 Å². The zero-order chi connectivity index (χ0) is 10.3. The second kappa shape index (κ2) is 10.2. The summed E-state index contributed by atoms with van der Waals surface area (Å²) in [5.41, 5.74) is 4.37. The predicted octanol–water partition coefficient (Wildman–Crippen LogP) is -3.60. The van der Waals surface area contributed by atoms with Crippen molar-refractivity contribution in [2.45, 2.75) is 13.3 Å². The average Bonchev–Trinajstić information content (AvgIpc) is 2.01. The molecule has 0 spiro atoms. The van der Waals surface area contributed by atoms with Crippen LogP contribution in [0, 0.1) is 0 Å². The molecule has 5 nitrogen and oxygen atoms in total. The molecule has 2 N–H and O–H groups in total. The molecule has 0 saturated heterocycles. The molecule has 74 valence electrons. The van der Waals surface area contributed by atoms with Gasteiger partial charge in [-0.05, 0) is 11.2 Å². The molecular weight excluding hydrogens is 251 g/mol. The van der Waals surface area contributed by atoms with Gasteiger partial charge in [0.2, 0.25) is 5.91 Å². The van der Waals surface area contributed by atoms with E-state index >= 15 is 0 Å². The Morgan fingerprint density at radius 2 is 2.00 bits per heavy atom. The molecule has 0 fully saturated rings. The summed E-state index contributed by atoms with van der Waals surface area (Å²) in [6.07, 6.45) is -0.348. The van der Waals surface area contributed by atoms with Crippen molar-refractivity contribution in [1.29, 1.82) is 0 Å². The van der Waals surface area contributed by atoms with Gasteiger partial charge in [0.15, 0.2) is 0 Å². The molecule has 8 heteroatoms. The van der Waals surface area contributed by atoms with Crippen LogP contribution in [0.15, 0.2) is 0 Å². The smallest absolute Gasteiger partial charge is 0.466 e. The van der Waals surface area contributed by atoms with Crippen LogP contribution in [0.3, 0.4) is 0 Å². The van der Waals surface area contributed by atoms with Crippen LogP contribution < -0.4 is 62.2 Å². The van der Waals surface area contributed by atoms with Gasteiger partial charge in [-0.1, -0.05) is 0 Å². The van der Waals surface area contributed by atoms with Crippen molar-refractivity contribution in [3.63, 3.8) is 0 Å². The Balaban J connectivity index is 0. The first-order valence-corrected chi connectivity index (χ1v) is 4.29. The number of amides is 1. The van der Waals surface area contributed by atoms with Gasteiger partial charge in [-0.3, -0.25) is 15.0 Å². The molecule has 0 heterocycles. The minimum atomic E-state index is -0.586. The molecule has 0 aliphatic rings. The molecule has 0 radical (unpaired) electrons. The number of nitrogens with one attached hydrogen (secondary N) is 2. The summed E-state index contributed by atoms with van der Waals surface area (Å²) in [6.45, 7) is 1.91. The third kappa shape index (κ3) is 10.8. The number of thiocarbonyl (C=S) groups is 1. The van der Waals surface area contributed by atoms with Crippen LogP contribution in [-0.2, 0) is 27.0 Å². The van der Waals surface area contributed by atoms with Crippen LogP contribution in [0.1, 0.15) is 13.3 Å². The number of esters is 1. The molecule has 0 aliphatic carbocycles. The third-order valence-corrected chi connectivity index (χ3v) is 1.12. The summed E-state index contributed by atoms with van der Waals surface area (Å²) in [4.78, 5) is 21.6. The maximum Gasteiger partial charge on any atom is 1.00 e. The SMILES string of the molecule is CCOC(=O)CC(=O)NNC(=S)[S-].[K+]. The fourth-order valence-corrected chi connectivity index (χ4v) is 0.610. The Morgan fingerprint density at radius 1 is 1.43 bits per heavy atom. The fourth-order valence-electron chi connectivity index (χ4n) is 0.508. The van der Waals surface area contributed by atoms with Crippen molar-refractivity contribution in [1.82, 2.24) is 10.9 Å². The van der Waals surface area contributed by atoms with E-state index in [0.717, 1.165) is 0 Å². The van der Waals surface area contributed by atoms with Gasteiger partial charge in [0.05, 0.1) is 6.61 Å². The van der Waals surface area contributed by atoms with E-state index in [-0.39, 0.29) is 68.7 Å². The largest absolute Gasteiger partial charge is 1.00 e. The fraction of sp³-hybridized carbons (Fsp3) is 0.500. The van der Waals surface area contributed by atoms with E-state index in [0.29, 0.717) is 0 Å². The molecule has 0 saturated carbocycles. The topological polar surface area (TPSA) is 67.4 Å². The number of hydrazine groups is 1. The van der Waals surface area contributed by atoms with Crippen molar-refractivity contribution in [2.24, 2.45) is 0 Å². The van der Waals surface area contributed by atoms with Gasteiger partial charge in [0.1, 0.15) is 6.42 Å². The van der Waals surface area contributed by atoms with Crippen molar-refractivity contribution in [2.75, 3.05) is 6.61 Å². The zero-order valence-corrected chi connectivity index (χ0v) is 12.7. The Morgan fingerprint density at radius 3 is 2.43 bits per heavy atom. The number of hydrogen-bond acceptors (Lipinski definition) is 5. The molecular formula is C6H9KN2O3S2. The minimum absolute atomic E-state index is 0. The average molecular weight is 260 g/mol. The van der Waals surface area contributed by atoms with Crippen LogP contribution >= 0.6 is 12.2 Å². The van der Waals surface area contributed by atoms with Crippen molar-refractivity contribution in [3.05, 3.63) is 0 Å². The predicted molar refractivity (Wildman–Crippen MR) is 52.5 cm³/mol. The standard InChI is InChI=1S/C6H10N2O3S2.K/c1-2-11-5(10)3-4(9)7-8-6(12)13;/h2-3H2,1H3,(H,7,9)(H2,8,12,13);/q;+1/p-1. The van der Waals surface area contributed by atoms with Crippen LogP contribution in [0.4, 0.5) is 0 Å². The molecule has 1 amide bonds. The van der Waals surface area contributed by atoms with Gasteiger partial charge < -0.3 is 35.0 Å². The van der Waals surface area contributed by atoms with Crippen molar-refractivity contribution >= 4 is 41.0 Å².